The first-order valence-corrected chi connectivity index (χ1v) is 5.79. The highest BCUT2D eigenvalue weighted by molar-refractivity contribution is 6.30. The first-order valence-electron chi connectivity index (χ1n) is 5.41. The molecule has 0 bridgehead atoms. The SMILES string of the molecule is Clc1cccc(CCOC2CCNC2)c1. The normalized spacial score (nSPS) is 20.7. The molecule has 0 radical (unpaired) electrons. The van der Waals surface area contributed by atoms with Gasteiger partial charge in [-0.25, -0.2) is 0 Å². The second-order valence-corrected chi connectivity index (χ2v) is 4.30. The molecular weight excluding hydrogens is 210 g/mol. The van der Waals surface area contributed by atoms with Gasteiger partial charge in [0.1, 0.15) is 0 Å². The minimum Gasteiger partial charge on any atom is -0.377 e. The van der Waals surface area contributed by atoms with Crippen LogP contribution < -0.4 is 5.32 Å². The van der Waals surface area contributed by atoms with Crippen LogP contribution in [-0.2, 0) is 11.2 Å². The number of rotatable bonds is 4. The zero-order valence-corrected chi connectivity index (χ0v) is 9.46. The highest BCUT2D eigenvalue weighted by atomic mass is 35.5. The Kier molecular flexibility index (Phi) is 4.01. The molecular formula is C12H16ClNO. The van der Waals surface area contributed by atoms with Crippen LogP contribution in [0.25, 0.3) is 0 Å². The van der Waals surface area contributed by atoms with Gasteiger partial charge in [-0.3, -0.25) is 0 Å². The van der Waals surface area contributed by atoms with Crippen LogP contribution in [0.1, 0.15) is 12.0 Å². The highest BCUT2D eigenvalue weighted by Gasteiger charge is 2.13. The molecule has 82 valence electrons. The summed E-state index contributed by atoms with van der Waals surface area (Å²) in [5.41, 5.74) is 1.24. The number of hydrogen-bond acceptors (Lipinski definition) is 2. The molecule has 3 heteroatoms. The van der Waals surface area contributed by atoms with E-state index in [-0.39, 0.29) is 0 Å². The lowest BCUT2D eigenvalue weighted by Crippen LogP contribution is -2.17. The maximum absolute atomic E-state index is 5.90. The van der Waals surface area contributed by atoms with Crippen LogP contribution in [-0.4, -0.2) is 25.8 Å². The van der Waals surface area contributed by atoms with E-state index in [2.05, 4.69) is 11.4 Å². The van der Waals surface area contributed by atoms with Gasteiger partial charge in [0, 0.05) is 11.6 Å². The van der Waals surface area contributed by atoms with Gasteiger partial charge in [-0.05, 0) is 37.1 Å². The average molecular weight is 226 g/mol. The fourth-order valence-electron chi connectivity index (χ4n) is 1.81. The van der Waals surface area contributed by atoms with Gasteiger partial charge in [-0.15, -0.1) is 0 Å². The lowest BCUT2D eigenvalue weighted by atomic mass is 10.2. The number of nitrogens with one attached hydrogen (secondary N) is 1. The minimum absolute atomic E-state index is 0.407. The summed E-state index contributed by atoms with van der Waals surface area (Å²) in [4.78, 5) is 0. The Labute approximate surface area is 95.6 Å². The van der Waals surface area contributed by atoms with E-state index in [1.165, 1.54) is 5.56 Å². The summed E-state index contributed by atoms with van der Waals surface area (Å²) >= 11 is 5.90. The fourth-order valence-corrected chi connectivity index (χ4v) is 2.02. The van der Waals surface area contributed by atoms with E-state index in [1.54, 1.807) is 0 Å². The number of ether oxygens (including phenoxy) is 1. The third-order valence-electron chi connectivity index (χ3n) is 2.65. The molecule has 1 aliphatic rings. The molecule has 1 heterocycles. The van der Waals surface area contributed by atoms with Crippen molar-refractivity contribution in [1.82, 2.24) is 5.32 Å². The standard InChI is InChI=1S/C12H16ClNO/c13-11-3-1-2-10(8-11)5-7-15-12-4-6-14-9-12/h1-3,8,12,14H,4-7,9H2. The summed E-state index contributed by atoms with van der Waals surface area (Å²) in [6, 6.07) is 7.96. The van der Waals surface area contributed by atoms with Crippen molar-refractivity contribution in [3.05, 3.63) is 34.9 Å². The molecule has 2 nitrogen and oxygen atoms in total. The average Bonchev–Trinajstić information content (AvgIpc) is 2.71. The van der Waals surface area contributed by atoms with Crippen LogP contribution >= 0.6 is 11.6 Å². The Morgan fingerprint density at radius 1 is 1.47 bits per heavy atom. The summed E-state index contributed by atoms with van der Waals surface area (Å²) in [6.45, 7) is 2.87. The highest BCUT2D eigenvalue weighted by Crippen LogP contribution is 2.12. The molecule has 1 fully saturated rings. The molecule has 1 aromatic carbocycles. The van der Waals surface area contributed by atoms with Crippen LogP contribution in [0.3, 0.4) is 0 Å². The van der Waals surface area contributed by atoms with Gasteiger partial charge < -0.3 is 10.1 Å². The van der Waals surface area contributed by atoms with Crippen molar-refractivity contribution in [1.29, 1.82) is 0 Å². The molecule has 1 N–H and O–H groups in total. The van der Waals surface area contributed by atoms with Crippen LogP contribution in [0, 0.1) is 0 Å². The lowest BCUT2D eigenvalue weighted by molar-refractivity contribution is 0.0694. The van der Waals surface area contributed by atoms with E-state index in [0.717, 1.165) is 37.6 Å². The second-order valence-electron chi connectivity index (χ2n) is 3.87. The van der Waals surface area contributed by atoms with Crippen molar-refractivity contribution in [2.45, 2.75) is 18.9 Å². The predicted octanol–water partition coefficient (Wildman–Crippen LogP) is 2.26. The number of hydrogen-bond donors (Lipinski definition) is 1. The Hall–Kier alpha value is -0.570. The van der Waals surface area contributed by atoms with Gasteiger partial charge in [0.15, 0.2) is 0 Å². The van der Waals surface area contributed by atoms with E-state index < -0.39 is 0 Å². The summed E-state index contributed by atoms with van der Waals surface area (Å²) in [6.07, 6.45) is 2.48. The summed E-state index contributed by atoms with van der Waals surface area (Å²) in [5.74, 6) is 0. The van der Waals surface area contributed by atoms with Gasteiger partial charge in [0.25, 0.3) is 0 Å². The monoisotopic (exact) mass is 225 g/mol. The van der Waals surface area contributed by atoms with Crippen LogP contribution in [0.15, 0.2) is 24.3 Å². The molecule has 0 aliphatic carbocycles. The summed E-state index contributed by atoms with van der Waals surface area (Å²) in [7, 11) is 0. The lowest BCUT2D eigenvalue weighted by Gasteiger charge is -2.10. The van der Waals surface area contributed by atoms with Crippen LogP contribution in [0.2, 0.25) is 5.02 Å². The topological polar surface area (TPSA) is 21.3 Å². The Morgan fingerprint density at radius 3 is 3.13 bits per heavy atom. The number of benzene rings is 1. The fraction of sp³-hybridized carbons (Fsp3) is 0.500. The number of halogens is 1. The first kappa shape index (κ1) is 10.9. The largest absolute Gasteiger partial charge is 0.377 e. The molecule has 15 heavy (non-hydrogen) atoms. The van der Waals surface area contributed by atoms with E-state index in [0.29, 0.717) is 6.10 Å². The third-order valence-corrected chi connectivity index (χ3v) is 2.88. The van der Waals surface area contributed by atoms with Crippen molar-refractivity contribution < 1.29 is 4.74 Å². The van der Waals surface area contributed by atoms with Gasteiger partial charge >= 0.3 is 0 Å². The van der Waals surface area contributed by atoms with E-state index in [9.17, 15) is 0 Å². The third kappa shape index (κ3) is 3.49. The maximum atomic E-state index is 5.90. The van der Waals surface area contributed by atoms with Crippen LogP contribution in [0.4, 0.5) is 0 Å². The molecule has 1 saturated heterocycles. The van der Waals surface area contributed by atoms with E-state index >= 15 is 0 Å². The molecule has 0 aromatic heterocycles. The molecule has 2 rings (SSSR count). The smallest absolute Gasteiger partial charge is 0.0711 e. The zero-order chi connectivity index (χ0) is 10.5. The van der Waals surface area contributed by atoms with Crippen molar-refractivity contribution in [2.24, 2.45) is 0 Å². The second kappa shape index (κ2) is 5.50. The summed E-state index contributed by atoms with van der Waals surface area (Å²) in [5, 5.41) is 4.08. The van der Waals surface area contributed by atoms with Gasteiger partial charge in [-0.1, -0.05) is 23.7 Å². The van der Waals surface area contributed by atoms with Crippen LogP contribution in [0.5, 0.6) is 0 Å². The molecule has 1 atom stereocenters. The van der Waals surface area contributed by atoms with Crippen molar-refractivity contribution >= 4 is 11.6 Å². The van der Waals surface area contributed by atoms with Gasteiger partial charge in [-0.2, -0.15) is 0 Å². The first-order chi connectivity index (χ1) is 7.34. The Balaban J connectivity index is 1.73. The van der Waals surface area contributed by atoms with E-state index in [1.807, 2.05) is 18.2 Å². The molecule has 1 aromatic rings. The molecule has 0 saturated carbocycles. The zero-order valence-electron chi connectivity index (χ0n) is 8.71. The maximum Gasteiger partial charge on any atom is 0.0711 e. The summed E-state index contributed by atoms with van der Waals surface area (Å²) < 4.78 is 5.74. The predicted molar refractivity (Wildman–Crippen MR) is 62.4 cm³/mol. The Morgan fingerprint density at radius 2 is 2.40 bits per heavy atom. The van der Waals surface area contributed by atoms with Crippen molar-refractivity contribution in [3.63, 3.8) is 0 Å². The molecule has 0 amide bonds. The molecule has 1 aliphatic heterocycles. The Bertz CT molecular complexity index is 310. The molecule has 1 unspecified atom stereocenters. The van der Waals surface area contributed by atoms with Gasteiger partial charge in [0.05, 0.1) is 12.7 Å². The molecule has 0 spiro atoms. The minimum atomic E-state index is 0.407. The van der Waals surface area contributed by atoms with E-state index in [4.69, 9.17) is 16.3 Å². The van der Waals surface area contributed by atoms with Crippen molar-refractivity contribution in [3.8, 4) is 0 Å². The van der Waals surface area contributed by atoms with Gasteiger partial charge in [0.2, 0.25) is 0 Å². The quantitative estimate of drug-likeness (QED) is 0.849. The van der Waals surface area contributed by atoms with Crippen molar-refractivity contribution in [2.75, 3.05) is 19.7 Å².